The van der Waals surface area contributed by atoms with E-state index in [9.17, 15) is 19.8 Å². The Morgan fingerprint density at radius 1 is 0.941 bits per heavy atom. The molecular formula is C12H18O5-2. The Balaban J connectivity index is 0. The molecule has 1 rings (SSSR count). The second-order valence-electron chi connectivity index (χ2n) is 3.46. The Bertz CT molecular complexity index is 221. The molecule has 0 radical (unpaired) electrons. The van der Waals surface area contributed by atoms with E-state index in [1.807, 2.05) is 0 Å². The van der Waals surface area contributed by atoms with E-state index in [2.05, 4.69) is 13.2 Å². The molecule has 0 unspecified atom stereocenters. The lowest BCUT2D eigenvalue weighted by Gasteiger charge is -1.93. The zero-order valence-electron chi connectivity index (χ0n) is 10.3. The van der Waals surface area contributed by atoms with E-state index in [-0.39, 0.29) is 11.1 Å². The van der Waals surface area contributed by atoms with Crippen LogP contribution in [0.15, 0.2) is 24.3 Å². The van der Waals surface area contributed by atoms with Gasteiger partial charge in [0, 0.05) is 13.2 Å². The first-order valence-electron chi connectivity index (χ1n) is 5.10. The van der Waals surface area contributed by atoms with Crippen LogP contribution in [0.5, 0.6) is 0 Å². The SMILES string of the molecule is C1CCOC1.C=C(C)C(=O)[O-].C=C(C)C(=O)[O-]. The molecule has 1 heterocycles. The van der Waals surface area contributed by atoms with Gasteiger partial charge in [0.15, 0.2) is 0 Å². The van der Waals surface area contributed by atoms with Gasteiger partial charge in [0.2, 0.25) is 0 Å². The molecule has 1 fully saturated rings. The molecule has 0 N–H and O–H groups in total. The molecule has 5 nitrogen and oxygen atoms in total. The largest absolute Gasteiger partial charge is 0.545 e. The molecule has 0 bridgehead atoms. The van der Waals surface area contributed by atoms with Crippen molar-refractivity contribution in [1.82, 2.24) is 0 Å². The van der Waals surface area contributed by atoms with Crippen LogP contribution >= 0.6 is 0 Å². The molecule has 1 aliphatic rings. The van der Waals surface area contributed by atoms with Crippen molar-refractivity contribution in [1.29, 1.82) is 0 Å². The molecule has 1 saturated heterocycles. The monoisotopic (exact) mass is 242 g/mol. The first kappa shape index (κ1) is 17.8. The molecule has 0 spiro atoms. The summed E-state index contributed by atoms with van der Waals surface area (Å²) >= 11 is 0. The summed E-state index contributed by atoms with van der Waals surface area (Å²) in [6.07, 6.45) is 2.56. The first-order chi connectivity index (χ1) is 7.79. The zero-order chi connectivity index (χ0) is 13.8. The Labute approximate surface area is 101 Å². The number of rotatable bonds is 2. The lowest BCUT2D eigenvalue weighted by Crippen LogP contribution is -2.22. The van der Waals surface area contributed by atoms with E-state index in [1.54, 1.807) is 0 Å². The highest BCUT2D eigenvalue weighted by atomic mass is 16.5. The maximum atomic E-state index is 9.49. The third kappa shape index (κ3) is 17.0. The van der Waals surface area contributed by atoms with Gasteiger partial charge in [-0.3, -0.25) is 0 Å². The topological polar surface area (TPSA) is 89.5 Å². The van der Waals surface area contributed by atoms with Crippen LogP contribution < -0.4 is 10.2 Å². The summed E-state index contributed by atoms with van der Waals surface area (Å²) in [6.45, 7) is 11.0. The van der Waals surface area contributed by atoms with E-state index in [1.165, 1.54) is 26.7 Å². The fraction of sp³-hybridized carbons (Fsp3) is 0.500. The smallest absolute Gasteiger partial charge is 0.0666 e. The Morgan fingerprint density at radius 2 is 1.18 bits per heavy atom. The van der Waals surface area contributed by atoms with Gasteiger partial charge in [-0.2, -0.15) is 0 Å². The molecular weight excluding hydrogens is 224 g/mol. The van der Waals surface area contributed by atoms with Gasteiger partial charge in [0.25, 0.3) is 0 Å². The van der Waals surface area contributed by atoms with Gasteiger partial charge in [-0.25, -0.2) is 0 Å². The van der Waals surface area contributed by atoms with E-state index >= 15 is 0 Å². The molecule has 5 heteroatoms. The molecule has 0 aromatic rings. The number of carboxylic acid groups (broad SMARTS) is 2. The molecule has 0 aromatic carbocycles. The predicted octanol–water partition coefficient (Wildman–Crippen LogP) is -0.578. The summed E-state index contributed by atoms with van der Waals surface area (Å²) < 4.78 is 4.94. The van der Waals surface area contributed by atoms with Crippen LogP contribution in [0.3, 0.4) is 0 Å². The number of ether oxygens (including phenoxy) is 1. The van der Waals surface area contributed by atoms with E-state index < -0.39 is 11.9 Å². The molecule has 0 atom stereocenters. The number of carbonyl (C=O) groups excluding carboxylic acids is 2. The van der Waals surface area contributed by atoms with Crippen molar-refractivity contribution >= 4 is 11.9 Å². The first-order valence-corrected chi connectivity index (χ1v) is 5.10. The van der Waals surface area contributed by atoms with E-state index in [4.69, 9.17) is 4.74 Å². The van der Waals surface area contributed by atoms with Crippen molar-refractivity contribution < 1.29 is 24.5 Å². The Morgan fingerprint density at radius 3 is 1.24 bits per heavy atom. The van der Waals surface area contributed by atoms with Gasteiger partial charge in [0.1, 0.15) is 0 Å². The summed E-state index contributed by atoms with van der Waals surface area (Å²) in [5.74, 6) is -2.37. The van der Waals surface area contributed by atoms with Gasteiger partial charge in [0.05, 0.1) is 11.9 Å². The van der Waals surface area contributed by atoms with Crippen LogP contribution in [0.4, 0.5) is 0 Å². The minimum absolute atomic E-state index is 0.0648. The van der Waals surface area contributed by atoms with Crippen molar-refractivity contribution in [3.8, 4) is 0 Å². The highest BCUT2D eigenvalue weighted by molar-refractivity contribution is 5.83. The van der Waals surface area contributed by atoms with E-state index in [0.717, 1.165) is 13.2 Å². The van der Waals surface area contributed by atoms with Gasteiger partial charge < -0.3 is 24.5 Å². The highest BCUT2D eigenvalue weighted by Gasteiger charge is 1.94. The van der Waals surface area contributed by atoms with Crippen molar-refractivity contribution in [2.45, 2.75) is 26.7 Å². The summed E-state index contributed by atoms with van der Waals surface area (Å²) in [7, 11) is 0. The van der Waals surface area contributed by atoms with Crippen molar-refractivity contribution in [2.75, 3.05) is 13.2 Å². The zero-order valence-corrected chi connectivity index (χ0v) is 10.3. The number of hydrogen-bond acceptors (Lipinski definition) is 5. The van der Waals surface area contributed by atoms with Gasteiger partial charge in [-0.1, -0.05) is 13.2 Å². The van der Waals surface area contributed by atoms with Crippen LogP contribution in [-0.4, -0.2) is 25.2 Å². The molecule has 0 saturated carbocycles. The molecule has 98 valence electrons. The van der Waals surface area contributed by atoms with Gasteiger partial charge in [-0.15, -0.1) is 0 Å². The second kappa shape index (κ2) is 10.9. The Hall–Kier alpha value is -1.62. The molecule has 17 heavy (non-hydrogen) atoms. The summed E-state index contributed by atoms with van der Waals surface area (Å²) in [5.41, 5.74) is 0.130. The number of aliphatic carboxylic acids is 2. The fourth-order valence-electron chi connectivity index (χ4n) is 0.510. The minimum Gasteiger partial charge on any atom is -0.545 e. The predicted molar refractivity (Wildman–Crippen MR) is 59.7 cm³/mol. The van der Waals surface area contributed by atoms with Crippen LogP contribution in [0.1, 0.15) is 26.7 Å². The third-order valence-corrected chi connectivity index (χ3v) is 1.52. The third-order valence-electron chi connectivity index (χ3n) is 1.52. The van der Waals surface area contributed by atoms with Crippen molar-refractivity contribution in [3.05, 3.63) is 24.3 Å². The van der Waals surface area contributed by atoms with Gasteiger partial charge >= 0.3 is 0 Å². The van der Waals surface area contributed by atoms with Crippen LogP contribution in [-0.2, 0) is 14.3 Å². The van der Waals surface area contributed by atoms with Crippen LogP contribution in [0, 0.1) is 0 Å². The van der Waals surface area contributed by atoms with Gasteiger partial charge in [-0.05, 0) is 37.8 Å². The molecule has 1 aliphatic heterocycles. The summed E-state index contributed by atoms with van der Waals surface area (Å²) in [4.78, 5) is 19.0. The standard InChI is InChI=1S/2C4H6O2.C4H8O/c2*1-3(2)4(5)6;1-2-4-5-3-1/h2*1H2,2H3,(H,5,6);1-4H2/p-2. The van der Waals surface area contributed by atoms with Crippen molar-refractivity contribution in [2.24, 2.45) is 0 Å². The average molecular weight is 242 g/mol. The lowest BCUT2D eigenvalue weighted by molar-refractivity contribution is -0.300. The number of carboxylic acids is 2. The quantitative estimate of drug-likeness (QED) is 0.604. The number of carbonyl (C=O) groups is 2. The fourth-order valence-corrected chi connectivity index (χ4v) is 0.510. The summed E-state index contributed by atoms with van der Waals surface area (Å²) in [6, 6.07) is 0. The molecule has 0 aromatic heterocycles. The number of hydrogen-bond donors (Lipinski definition) is 0. The van der Waals surface area contributed by atoms with Crippen molar-refractivity contribution in [3.63, 3.8) is 0 Å². The Kier molecular flexibility index (Phi) is 11.4. The minimum atomic E-state index is -1.19. The summed E-state index contributed by atoms with van der Waals surface area (Å²) in [5, 5.41) is 19.0. The van der Waals surface area contributed by atoms with Crippen LogP contribution in [0.2, 0.25) is 0 Å². The average Bonchev–Trinajstić information content (AvgIpc) is 2.75. The highest BCUT2D eigenvalue weighted by Crippen LogP contribution is 1.98. The molecule has 0 amide bonds. The maximum Gasteiger partial charge on any atom is 0.0666 e. The second-order valence-corrected chi connectivity index (χ2v) is 3.46. The van der Waals surface area contributed by atoms with Crippen LogP contribution in [0.25, 0.3) is 0 Å². The molecule has 0 aliphatic carbocycles. The van der Waals surface area contributed by atoms with E-state index in [0.29, 0.717) is 0 Å². The maximum absolute atomic E-state index is 9.49. The normalized spacial score (nSPS) is 12.4. The lowest BCUT2D eigenvalue weighted by atomic mass is 10.4.